The molecule has 1 saturated heterocycles. The van der Waals surface area contributed by atoms with Gasteiger partial charge < -0.3 is 10.0 Å². The predicted molar refractivity (Wildman–Crippen MR) is 125 cm³/mol. The van der Waals surface area contributed by atoms with Gasteiger partial charge in [-0.15, -0.1) is 0 Å². The summed E-state index contributed by atoms with van der Waals surface area (Å²) in [5.41, 5.74) is 6.97. The summed E-state index contributed by atoms with van der Waals surface area (Å²) >= 11 is 0. The molecule has 0 amide bonds. The van der Waals surface area contributed by atoms with E-state index >= 15 is 0 Å². The topological polar surface area (TPSA) is 52.5 Å². The molecule has 31 heavy (non-hydrogen) atoms. The number of hydrogen-bond donors (Lipinski definition) is 1. The minimum absolute atomic E-state index is 0.155. The molecule has 1 aromatic heterocycles. The van der Waals surface area contributed by atoms with E-state index in [-0.39, 0.29) is 17.6 Å². The molecule has 5 nitrogen and oxygen atoms in total. The summed E-state index contributed by atoms with van der Waals surface area (Å²) in [5.74, 6) is 1.64. The van der Waals surface area contributed by atoms with Gasteiger partial charge in [-0.2, -0.15) is 0 Å². The van der Waals surface area contributed by atoms with Crippen LogP contribution in [-0.4, -0.2) is 51.8 Å². The van der Waals surface area contributed by atoms with Crippen LogP contribution in [0.15, 0.2) is 24.5 Å². The van der Waals surface area contributed by atoms with Gasteiger partial charge in [0.15, 0.2) is 0 Å². The van der Waals surface area contributed by atoms with Crippen molar-refractivity contribution in [3.63, 3.8) is 0 Å². The van der Waals surface area contributed by atoms with Gasteiger partial charge in [0.2, 0.25) is 0 Å². The van der Waals surface area contributed by atoms with Gasteiger partial charge in [0.25, 0.3) is 0 Å². The average Bonchev–Trinajstić information content (AvgIpc) is 3.27. The van der Waals surface area contributed by atoms with Crippen LogP contribution in [0.5, 0.6) is 0 Å². The van der Waals surface area contributed by atoms with Crippen molar-refractivity contribution >= 4 is 11.5 Å². The van der Waals surface area contributed by atoms with E-state index in [1.807, 2.05) is 0 Å². The number of benzene rings is 1. The van der Waals surface area contributed by atoms with Gasteiger partial charge in [0, 0.05) is 41.1 Å². The summed E-state index contributed by atoms with van der Waals surface area (Å²) in [6.45, 7) is 12.7. The molecule has 1 aliphatic carbocycles. The molecule has 0 radical (unpaired) electrons. The van der Waals surface area contributed by atoms with Crippen molar-refractivity contribution in [1.29, 1.82) is 0 Å². The maximum atomic E-state index is 9.53. The van der Waals surface area contributed by atoms with Crippen molar-refractivity contribution in [2.45, 2.75) is 76.7 Å². The first kappa shape index (κ1) is 20.9. The van der Waals surface area contributed by atoms with Crippen LogP contribution in [0.3, 0.4) is 0 Å². The number of aromatic nitrogens is 2. The van der Waals surface area contributed by atoms with Crippen LogP contribution in [-0.2, 0) is 18.3 Å². The minimum atomic E-state index is 0.155. The Morgan fingerprint density at radius 3 is 2.65 bits per heavy atom. The Morgan fingerprint density at radius 1 is 1.16 bits per heavy atom. The standard InChI is InChI=1S/C26H36N4O/c1-18-5-7-21-23(18)24(28-17-27-21)30-16-26(10-12-29(13-11-26)25(2,3)4)20-15-19(9-14-31)6-8-22(20)30/h6,8,15,17-18,31H,5,7,9-14,16H2,1-4H3. The molecule has 3 heterocycles. The van der Waals surface area contributed by atoms with Gasteiger partial charge in [-0.05, 0) is 89.1 Å². The van der Waals surface area contributed by atoms with E-state index < -0.39 is 0 Å². The number of aliphatic hydroxyl groups excluding tert-OH is 1. The number of fused-ring (bicyclic) bond motifs is 3. The van der Waals surface area contributed by atoms with E-state index in [0.29, 0.717) is 5.92 Å². The molecule has 0 bridgehead atoms. The number of hydrogen-bond acceptors (Lipinski definition) is 5. The fourth-order valence-corrected chi connectivity index (χ4v) is 6.06. The lowest BCUT2D eigenvalue weighted by molar-refractivity contribution is 0.0787. The molecule has 5 rings (SSSR count). The molecule has 3 aliphatic rings. The van der Waals surface area contributed by atoms with E-state index in [2.05, 4.69) is 60.7 Å². The molecule has 5 heteroatoms. The van der Waals surface area contributed by atoms with Crippen molar-refractivity contribution in [3.05, 3.63) is 46.9 Å². The third kappa shape index (κ3) is 3.46. The van der Waals surface area contributed by atoms with Gasteiger partial charge in [-0.25, -0.2) is 9.97 Å². The Hall–Kier alpha value is -1.98. The Morgan fingerprint density at radius 2 is 1.94 bits per heavy atom. The van der Waals surface area contributed by atoms with Gasteiger partial charge in [-0.1, -0.05) is 19.1 Å². The summed E-state index contributed by atoms with van der Waals surface area (Å²) in [5, 5.41) is 9.53. The van der Waals surface area contributed by atoms with Crippen LogP contribution >= 0.6 is 0 Å². The molecule has 2 aromatic rings. The zero-order valence-electron chi connectivity index (χ0n) is 19.5. The van der Waals surface area contributed by atoms with Gasteiger partial charge in [0.05, 0.1) is 0 Å². The summed E-state index contributed by atoms with van der Waals surface area (Å²) in [4.78, 5) is 14.6. The minimum Gasteiger partial charge on any atom is -0.396 e. The number of likely N-dealkylation sites (tertiary alicyclic amines) is 1. The van der Waals surface area contributed by atoms with Crippen molar-refractivity contribution in [3.8, 4) is 0 Å². The SMILES string of the molecule is CC1CCc2ncnc(N3CC4(CCN(C(C)(C)C)CC4)c4cc(CCO)ccc43)c21. The summed E-state index contributed by atoms with van der Waals surface area (Å²) < 4.78 is 0. The van der Waals surface area contributed by atoms with Gasteiger partial charge in [0.1, 0.15) is 12.1 Å². The summed E-state index contributed by atoms with van der Waals surface area (Å²) in [7, 11) is 0. The number of anilines is 2. The molecule has 166 valence electrons. The maximum Gasteiger partial charge on any atom is 0.140 e. The summed E-state index contributed by atoms with van der Waals surface area (Å²) in [6.07, 6.45) is 7.05. The van der Waals surface area contributed by atoms with E-state index in [1.165, 1.54) is 47.3 Å². The highest BCUT2D eigenvalue weighted by atomic mass is 16.2. The van der Waals surface area contributed by atoms with Crippen molar-refractivity contribution in [2.24, 2.45) is 0 Å². The molecule has 2 aliphatic heterocycles. The highest BCUT2D eigenvalue weighted by Gasteiger charge is 2.47. The largest absolute Gasteiger partial charge is 0.396 e. The molecule has 1 spiro atoms. The normalized spacial score (nSPS) is 22.7. The van der Waals surface area contributed by atoms with Crippen LogP contribution < -0.4 is 4.90 Å². The number of aryl methyl sites for hydroxylation is 1. The average molecular weight is 421 g/mol. The Bertz CT molecular complexity index is 972. The first-order valence-electron chi connectivity index (χ1n) is 11.9. The van der Waals surface area contributed by atoms with Crippen LogP contribution in [0.1, 0.15) is 75.3 Å². The summed E-state index contributed by atoms with van der Waals surface area (Å²) in [6, 6.07) is 6.85. The van der Waals surface area contributed by atoms with Crippen molar-refractivity contribution < 1.29 is 5.11 Å². The first-order chi connectivity index (χ1) is 14.8. The number of nitrogens with zero attached hydrogens (tertiary/aromatic N) is 4. The Kier molecular flexibility index (Phi) is 5.10. The van der Waals surface area contributed by atoms with Gasteiger partial charge in [-0.3, -0.25) is 4.90 Å². The quantitative estimate of drug-likeness (QED) is 0.800. The molecule has 1 aromatic carbocycles. The number of aliphatic hydroxyl groups is 1. The van der Waals surface area contributed by atoms with Crippen LogP contribution in [0.2, 0.25) is 0 Å². The molecule has 0 saturated carbocycles. The van der Waals surface area contributed by atoms with E-state index in [9.17, 15) is 5.11 Å². The maximum absolute atomic E-state index is 9.53. The number of piperidine rings is 1. The third-order valence-corrected chi connectivity index (χ3v) is 7.96. The fraction of sp³-hybridized carbons (Fsp3) is 0.615. The molecule has 1 atom stereocenters. The number of rotatable bonds is 3. The molecule has 1 unspecified atom stereocenters. The smallest absolute Gasteiger partial charge is 0.140 e. The van der Waals surface area contributed by atoms with Crippen LogP contribution in [0.4, 0.5) is 11.5 Å². The van der Waals surface area contributed by atoms with E-state index in [0.717, 1.165) is 38.3 Å². The third-order valence-electron chi connectivity index (χ3n) is 7.96. The first-order valence-corrected chi connectivity index (χ1v) is 11.9. The fourth-order valence-electron chi connectivity index (χ4n) is 6.06. The second-order valence-electron chi connectivity index (χ2n) is 10.8. The second kappa shape index (κ2) is 7.56. The van der Waals surface area contributed by atoms with Crippen molar-refractivity contribution in [2.75, 3.05) is 31.1 Å². The monoisotopic (exact) mass is 420 g/mol. The van der Waals surface area contributed by atoms with E-state index in [4.69, 9.17) is 4.98 Å². The van der Waals surface area contributed by atoms with Crippen molar-refractivity contribution in [1.82, 2.24) is 14.9 Å². The zero-order valence-corrected chi connectivity index (χ0v) is 19.5. The lowest BCUT2D eigenvalue weighted by atomic mass is 9.73. The van der Waals surface area contributed by atoms with Crippen LogP contribution in [0, 0.1) is 0 Å². The predicted octanol–water partition coefficient (Wildman–Crippen LogP) is 4.34. The highest BCUT2D eigenvalue weighted by Crippen LogP contribution is 2.52. The lowest BCUT2D eigenvalue weighted by Crippen LogP contribution is -2.51. The van der Waals surface area contributed by atoms with Crippen LogP contribution in [0.25, 0.3) is 0 Å². The Labute approximate surface area is 186 Å². The highest BCUT2D eigenvalue weighted by molar-refractivity contribution is 5.74. The second-order valence-corrected chi connectivity index (χ2v) is 10.8. The Balaban J connectivity index is 1.57. The van der Waals surface area contributed by atoms with E-state index in [1.54, 1.807) is 6.33 Å². The lowest BCUT2D eigenvalue weighted by Gasteiger charge is -2.45. The molecular weight excluding hydrogens is 384 g/mol. The zero-order chi connectivity index (χ0) is 21.8. The molecule has 1 N–H and O–H groups in total. The molecule has 1 fully saturated rings. The van der Waals surface area contributed by atoms with Gasteiger partial charge >= 0.3 is 0 Å². The molecular formula is C26H36N4O.